The molecule has 0 aliphatic carbocycles. The zero-order chi connectivity index (χ0) is 38.1. The van der Waals surface area contributed by atoms with Crippen LogP contribution in [0.4, 0.5) is 0 Å². The van der Waals surface area contributed by atoms with Crippen LogP contribution >= 0.6 is 0 Å². The van der Waals surface area contributed by atoms with Crippen LogP contribution in [0.2, 0.25) is 72.0 Å². The summed E-state index contributed by atoms with van der Waals surface area (Å²) >= 11 is 0. The van der Waals surface area contributed by atoms with Gasteiger partial charge in [0.05, 0.1) is 0 Å². The minimum absolute atomic E-state index is 0.0459. The number of hydrogen-bond donors (Lipinski definition) is 0. The quantitative estimate of drug-likeness (QED) is 0.162. The second-order valence-corrected chi connectivity index (χ2v) is 43.5. The number of rotatable bonds is 18. The average molecular weight is 844 g/mol. The first-order valence-corrected chi connectivity index (χ1v) is 36.7. The molecule has 1 aromatic carbocycles. The fourth-order valence-corrected chi connectivity index (χ4v) is 29.5. The molecule has 0 bridgehead atoms. The van der Waals surface area contributed by atoms with Gasteiger partial charge in [0.25, 0.3) is 5.60 Å². The molecule has 1 atom stereocenters. The summed E-state index contributed by atoms with van der Waals surface area (Å²) in [7, 11) is -16.7. The van der Waals surface area contributed by atoms with Gasteiger partial charge >= 0.3 is 26.2 Å². The van der Waals surface area contributed by atoms with Crippen LogP contribution < -0.4 is 0 Å². The summed E-state index contributed by atoms with van der Waals surface area (Å²) in [5.74, 6) is -0.0459. The minimum Gasteiger partial charge on any atom is -0.429 e. The van der Waals surface area contributed by atoms with Crippen LogP contribution in [0.1, 0.15) is 54.2 Å². The number of allylic oxidation sites excluding steroid dienone is 2. The lowest BCUT2D eigenvalue weighted by Crippen LogP contribution is -2.79. The second kappa shape index (κ2) is 16.8. The molecule has 0 saturated heterocycles. The molecule has 0 N–H and O–H groups in total. The molecular weight excluding hydrogens is 773 g/mol. The van der Waals surface area contributed by atoms with Gasteiger partial charge in [-0.3, -0.25) is 0 Å². The van der Waals surface area contributed by atoms with Gasteiger partial charge < -0.3 is 38.0 Å². The lowest BCUT2D eigenvalue weighted by atomic mass is 9.86. The summed E-state index contributed by atoms with van der Waals surface area (Å²) in [5.41, 5.74) is 6.90. The molecule has 48 heavy (non-hydrogen) atoms. The van der Waals surface area contributed by atoms with E-state index < -0.39 is 56.7 Å². The summed E-state index contributed by atoms with van der Waals surface area (Å²) in [4.78, 5) is 0. The maximum absolute atomic E-state index is 7.75. The van der Waals surface area contributed by atoms with Gasteiger partial charge in [-0.2, -0.15) is 0 Å². The van der Waals surface area contributed by atoms with Crippen molar-refractivity contribution in [1.29, 1.82) is 0 Å². The number of benzene rings is 1. The lowest BCUT2D eigenvalue weighted by Gasteiger charge is -2.56. The van der Waals surface area contributed by atoms with Crippen LogP contribution in [0, 0.1) is 40.5 Å². The molecular formula is C29H70O9Si10. The van der Waals surface area contributed by atoms with Gasteiger partial charge in [0, 0.05) is 13.1 Å². The third kappa shape index (κ3) is 11.1. The van der Waals surface area contributed by atoms with E-state index in [1.165, 1.54) is 33.4 Å². The summed E-state index contributed by atoms with van der Waals surface area (Å²) in [6.07, 6.45) is 0. The van der Waals surface area contributed by atoms with Gasteiger partial charge in [0.2, 0.25) is 0 Å². The Morgan fingerprint density at radius 3 is 1.17 bits per heavy atom. The average Bonchev–Trinajstić information content (AvgIpc) is 2.91. The maximum atomic E-state index is 7.75. The lowest BCUT2D eigenvalue weighted by molar-refractivity contribution is -0.239. The molecule has 0 aromatic heterocycles. The Hall–Kier alpha value is 0.769. The molecule has 0 aliphatic heterocycles. The van der Waals surface area contributed by atoms with Crippen LogP contribution in [0.3, 0.4) is 0 Å². The second-order valence-electron chi connectivity index (χ2n) is 16.3. The van der Waals surface area contributed by atoms with Crippen molar-refractivity contribution in [3.63, 3.8) is 0 Å². The standard InChI is InChI=1S/C29H70O9Si10/c1-20(2)28(26(8)27-24(6)22(4)21(3)23(5)25(27)7)48(37-45(15,16)17,38-47(19,35-41)36-42)29(30-43(9,10)11,31-44(12,13)14)32-46(18,33-39)34-40/h20H,1-19,39-42H3. The SMILES string of the molecule is CC(=C(C(C)C)[Si](O[Si](C)(C)C)(O[Si](C)(O[SiH3])O[SiH3])C(O[Si](C)(C)C)(O[Si](C)(C)C)O[Si](C)(O[SiH3])O[SiH3])c1c(C)c(C)c(C)c(C)c1C. The molecule has 9 nitrogen and oxygen atoms in total. The largest absolute Gasteiger partial charge is 0.479 e. The Balaban J connectivity index is 5.07. The zero-order valence-electron chi connectivity index (χ0n) is 34.8. The van der Waals surface area contributed by atoms with Gasteiger partial charge in [0.1, 0.15) is 41.9 Å². The molecule has 0 heterocycles. The van der Waals surface area contributed by atoms with E-state index in [1.54, 1.807) is 0 Å². The molecule has 0 radical (unpaired) electrons. The van der Waals surface area contributed by atoms with Gasteiger partial charge in [-0.25, -0.2) is 0 Å². The normalized spacial score (nSPS) is 18.2. The van der Waals surface area contributed by atoms with Crippen LogP contribution in [-0.2, 0) is 38.0 Å². The molecule has 1 rings (SSSR count). The first-order chi connectivity index (χ1) is 21.4. The maximum Gasteiger partial charge on any atom is 0.479 e. The van der Waals surface area contributed by atoms with E-state index in [2.05, 4.69) is 114 Å². The summed E-state index contributed by atoms with van der Waals surface area (Å²) < 4.78 is 62.9. The summed E-state index contributed by atoms with van der Waals surface area (Å²) in [6.45, 7) is 41.2. The third-order valence-electron chi connectivity index (χ3n) is 8.58. The topological polar surface area (TPSA) is 83.1 Å². The highest BCUT2D eigenvalue weighted by molar-refractivity contribution is 6.93. The van der Waals surface area contributed by atoms with Crippen molar-refractivity contribution in [2.45, 2.75) is 133 Å². The van der Waals surface area contributed by atoms with Crippen molar-refractivity contribution in [2.75, 3.05) is 0 Å². The van der Waals surface area contributed by atoms with Crippen molar-refractivity contribution >= 4 is 98.6 Å². The van der Waals surface area contributed by atoms with E-state index in [9.17, 15) is 0 Å². The van der Waals surface area contributed by atoms with E-state index in [4.69, 9.17) is 38.0 Å². The Morgan fingerprint density at radius 1 is 0.521 bits per heavy atom. The first-order valence-electron chi connectivity index (χ1n) is 16.9. The van der Waals surface area contributed by atoms with E-state index >= 15 is 0 Å². The fourth-order valence-electron chi connectivity index (χ4n) is 6.02. The van der Waals surface area contributed by atoms with Gasteiger partial charge in [-0.1, -0.05) is 13.8 Å². The Morgan fingerprint density at radius 2 is 0.875 bits per heavy atom. The molecule has 19 heteroatoms. The van der Waals surface area contributed by atoms with Crippen molar-refractivity contribution in [1.82, 2.24) is 0 Å². The molecule has 0 spiro atoms. The van der Waals surface area contributed by atoms with Gasteiger partial charge in [-0.15, -0.1) is 0 Å². The van der Waals surface area contributed by atoms with Crippen LogP contribution in [0.25, 0.3) is 5.57 Å². The third-order valence-corrected chi connectivity index (χ3v) is 32.5. The Bertz CT molecular complexity index is 1250. The monoisotopic (exact) mass is 842 g/mol. The van der Waals surface area contributed by atoms with E-state index in [-0.39, 0.29) is 5.92 Å². The fraction of sp³-hybridized carbons (Fsp3) is 0.724. The molecule has 1 unspecified atom stereocenters. The molecule has 280 valence electrons. The van der Waals surface area contributed by atoms with E-state index in [0.29, 0.717) is 41.9 Å². The predicted octanol–water partition coefficient (Wildman–Crippen LogP) is 3.75. The van der Waals surface area contributed by atoms with Crippen molar-refractivity contribution in [2.24, 2.45) is 5.92 Å². The van der Waals surface area contributed by atoms with Crippen molar-refractivity contribution in [3.8, 4) is 0 Å². The Kier molecular flexibility index (Phi) is 16.4. The first kappa shape index (κ1) is 46.8. The zero-order valence-corrected chi connectivity index (χ0v) is 48.8. The van der Waals surface area contributed by atoms with Crippen LogP contribution in [0.5, 0.6) is 0 Å². The highest BCUT2D eigenvalue weighted by atomic mass is 28.5. The molecule has 0 aliphatic rings. The highest BCUT2D eigenvalue weighted by Crippen LogP contribution is 2.49. The Labute approximate surface area is 312 Å². The summed E-state index contributed by atoms with van der Waals surface area (Å²) in [5, 5.41) is 1.02. The number of hydrogen-bond acceptors (Lipinski definition) is 9. The minimum atomic E-state index is -4.18. The van der Waals surface area contributed by atoms with E-state index in [0.717, 1.165) is 10.8 Å². The molecule has 1 aromatic rings. The van der Waals surface area contributed by atoms with Gasteiger partial charge in [0.15, 0.2) is 25.0 Å². The smallest absolute Gasteiger partial charge is 0.429 e. The molecule has 0 amide bonds. The molecule has 0 saturated carbocycles. The highest BCUT2D eigenvalue weighted by Gasteiger charge is 2.73. The summed E-state index contributed by atoms with van der Waals surface area (Å²) in [6, 6.07) is 0. The molecule has 0 fully saturated rings. The van der Waals surface area contributed by atoms with E-state index in [1.807, 2.05) is 13.1 Å². The van der Waals surface area contributed by atoms with Crippen molar-refractivity contribution < 1.29 is 38.0 Å². The predicted molar refractivity (Wildman–Crippen MR) is 229 cm³/mol. The van der Waals surface area contributed by atoms with Gasteiger partial charge in [-0.05, 0) is 151 Å². The van der Waals surface area contributed by atoms with Crippen LogP contribution in [0.15, 0.2) is 5.20 Å². The van der Waals surface area contributed by atoms with Crippen molar-refractivity contribution in [3.05, 3.63) is 38.6 Å². The van der Waals surface area contributed by atoms with Crippen LogP contribution in [-0.4, -0.2) is 98.7 Å².